The van der Waals surface area contributed by atoms with Crippen LogP contribution in [0.25, 0.3) is 0 Å². The quantitative estimate of drug-likeness (QED) is 0.921. The van der Waals surface area contributed by atoms with Crippen LogP contribution in [0.3, 0.4) is 0 Å². The van der Waals surface area contributed by atoms with Crippen LogP contribution in [0, 0.1) is 0 Å². The van der Waals surface area contributed by atoms with Crippen LogP contribution < -0.4 is 0 Å². The molecule has 1 heterocycles. The van der Waals surface area contributed by atoms with Crippen molar-refractivity contribution in [3.05, 3.63) is 53.1 Å². The average molecular weight is 308 g/mol. The number of carbonyl (C=O) groups excluding carboxylic acids is 1. The predicted octanol–water partition coefficient (Wildman–Crippen LogP) is 2.16. The maximum Gasteiger partial charge on any atom is 0.225 e. The van der Waals surface area contributed by atoms with Gasteiger partial charge in [0.25, 0.3) is 0 Å². The van der Waals surface area contributed by atoms with Gasteiger partial charge in [-0.25, -0.2) is 4.98 Å². The van der Waals surface area contributed by atoms with Crippen molar-refractivity contribution in [3.8, 4) is 0 Å². The minimum atomic E-state index is -0.835. The van der Waals surface area contributed by atoms with Crippen molar-refractivity contribution >= 4 is 17.5 Å². The summed E-state index contributed by atoms with van der Waals surface area (Å²) in [5.41, 5.74) is 0.679. The molecule has 1 atom stereocenters. The van der Waals surface area contributed by atoms with Crippen molar-refractivity contribution in [2.45, 2.75) is 19.1 Å². The molecule has 1 aromatic carbocycles. The summed E-state index contributed by atoms with van der Waals surface area (Å²) in [6.07, 6.45) is 2.72. The number of aryl methyl sites for hydroxylation is 1. The molecule has 2 aromatic rings. The predicted molar refractivity (Wildman–Crippen MR) is 80.7 cm³/mol. The van der Waals surface area contributed by atoms with Gasteiger partial charge in [-0.2, -0.15) is 0 Å². The van der Waals surface area contributed by atoms with Crippen LogP contribution in [-0.4, -0.2) is 32.5 Å². The van der Waals surface area contributed by atoms with Gasteiger partial charge in [0.05, 0.1) is 19.1 Å². The number of benzene rings is 1. The third kappa shape index (κ3) is 4.06. The highest BCUT2D eigenvalue weighted by Crippen LogP contribution is 2.20. The molecule has 0 aliphatic heterocycles. The van der Waals surface area contributed by atoms with Gasteiger partial charge in [0.15, 0.2) is 0 Å². The van der Waals surface area contributed by atoms with Gasteiger partial charge >= 0.3 is 0 Å². The average Bonchev–Trinajstić information content (AvgIpc) is 2.84. The number of aliphatic hydroxyl groups is 1. The van der Waals surface area contributed by atoms with E-state index in [9.17, 15) is 9.90 Å². The zero-order valence-corrected chi connectivity index (χ0v) is 12.8. The molecule has 1 unspecified atom stereocenters. The fourth-order valence-corrected chi connectivity index (χ4v) is 2.10. The Kier molecular flexibility index (Phi) is 4.98. The van der Waals surface area contributed by atoms with Crippen molar-refractivity contribution in [1.82, 2.24) is 14.5 Å². The molecule has 1 N–H and O–H groups in total. The van der Waals surface area contributed by atoms with Gasteiger partial charge in [0.2, 0.25) is 5.91 Å². The minimum absolute atomic E-state index is 0.0303. The SMILES string of the molecule is CN(Cc1nccn1C)C(=O)CC(O)c1ccc(Cl)cc1. The van der Waals surface area contributed by atoms with E-state index in [1.165, 1.54) is 0 Å². The maximum atomic E-state index is 12.1. The van der Waals surface area contributed by atoms with Crippen molar-refractivity contribution in [2.75, 3.05) is 7.05 Å². The van der Waals surface area contributed by atoms with E-state index in [-0.39, 0.29) is 12.3 Å². The van der Waals surface area contributed by atoms with Gasteiger partial charge in [-0.3, -0.25) is 4.79 Å². The second kappa shape index (κ2) is 6.74. The first kappa shape index (κ1) is 15.5. The number of aromatic nitrogens is 2. The topological polar surface area (TPSA) is 58.4 Å². The molecule has 0 bridgehead atoms. The zero-order valence-electron chi connectivity index (χ0n) is 12.0. The number of carbonyl (C=O) groups is 1. The van der Waals surface area contributed by atoms with E-state index in [2.05, 4.69) is 4.98 Å². The Bertz CT molecular complexity index is 610. The van der Waals surface area contributed by atoms with E-state index >= 15 is 0 Å². The second-order valence-electron chi connectivity index (χ2n) is 4.98. The Morgan fingerprint density at radius 3 is 2.67 bits per heavy atom. The smallest absolute Gasteiger partial charge is 0.225 e. The van der Waals surface area contributed by atoms with Crippen molar-refractivity contribution < 1.29 is 9.90 Å². The maximum absolute atomic E-state index is 12.1. The van der Waals surface area contributed by atoms with Gasteiger partial charge in [-0.1, -0.05) is 23.7 Å². The van der Waals surface area contributed by atoms with Crippen LogP contribution in [-0.2, 0) is 18.4 Å². The molecule has 1 amide bonds. The van der Waals surface area contributed by atoms with Crippen LogP contribution in [0.1, 0.15) is 23.9 Å². The monoisotopic (exact) mass is 307 g/mol. The Morgan fingerprint density at radius 1 is 1.43 bits per heavy atom. The Labute approximate surface area is 128 Å². The fourth-order valence-electron chi connectivity index (χ4n) is 1.97. The van der Waals surface area contributed by atoms with E-state index in [1.54, 1.807) is 42.4 Å². The molecular formula is C15H18ClN3O2. The van der Waals surface area contributed by atoms with Crippen LogP contribution >= 0.6 is 11.6 Å². The Balaban J connectivity index is 1.94. The lowest BCUT2D eigenvalue weighted by Gasteiger charge is -2.19. The van der Waals surface area contributed by atoms with E-state index in [1.807, 2.05) is 17.8 Å². The zero-order chi connectivity index (χ0) is 15.4. The van der Waals surface area contributed by atoms with E-state index in [0.717, 1.165) is 5.82 Å². The normalized spacial score (nSPS) is 12.2. The third-order valence-electron chi connectivity index (χ3n) is 3.35. The number of rotatable bonds is 5. The van der Waals surface area contributed by atoms with Gasteiger partial charge in [-0.15, -0.1) is 0 Å². The Morgan fingerprint density at radius 2 is 2.10 bits per heavy atom. The summed E-state index contributed by atoms with van der Waals surface area (Å²) in [5.74, 6) is 0.660. The number of hydrogen-bond donors (Lipinski definition) is 1. The van der Waals surface area contributed by atoms with Gasteiger partial charge in [0, 0.05) is 31.5 Å². The highest BCUT2D eigenvalue weighted by molar-refractivity contribution is 6.30. The molecule has 0 aliphatic rings. The van der Waals surface area contributed by atoms with Crippen LogP contribution in [0.5, 0.6) is 0 Å². The van der Waals surface area contributed by atoms with Crippen molar-refractivity contribution in [3.63, 3.8) is 0 Å². The summed E-state index contributed by atoms with van der Waals surface area (Å²) >= 11 is 5.80. The van der Waals surface area contributed by atoms with Gasteiger partial charge in [-0.05, 0) is 17.7 Å². The summed E-state index contributed by atoms with van der Waals surface area (Å²) in [5, 5.41) is 10.7. The third-order valence-corrected chi connectivity index (χ3v) is 3.60. The van der Waals surface area contributed by atoms with E-state index < -0.39 is 6.10 Å². The molecule has 2 rings (SSSR count). The number of hydrogen-bond acceptors (Lipinski definition) is 3. The largest absolute Gasteiger partial charge is 0.388 e. The van der Waals surface area contributed by atoms with Gasteiger partial charge in [0.1, 0.15) is 5.82 Å². The molecule has 0 saturated heterocycles. The number of nitrogens with zero attached hydrogens (tertiary/aromatic N) is 3. The van der Waals surface area contributed by atoms with E-state index in [4.69, 9.17) is 11.6 Å². The first-order chi connectivity index (χ1) is 9.97. The molecule has 0 radical (unpaired) electrons. The lowest BCUT2D eigenvalue weighted by molar-refractivity contribution is -0.132. The summed E-state index contributed by atoms with van der Waals surface area (Å²) in [7, 11) is 3.58. The first-order valence-electron chi connectivity index (χ1n) is 6.61. The minimum Gasteiger partial charge on any atom is -0.388 e. The van der Waals surface area contributed by atoms with Crippen molar-refractivity contribution in [1.29, 1.82) is 0 Å². The van der Waals surface area contributed by atoms with Gasteiger partial charge < -0.3 is 14.6 Å². The highest BCUT2D eigenvalue weighted by atomic mass is 35.5. The molecule has 1 aromatic heterocycles. The fraction of sp³-hybridized carbons (Fsp3) is 0.333. The first-order valence-corrected chi connectivity index (χ1v) is 6.99. The van der Waals surface area contributed by atoms with Crippen molar-refractivity contribution in [2.24, 2.45) is 7.05 Å². The molecule has 0 saturated carbocycles. The van der Waals surface area contributed by atoms with E-state index in [0.29, 0.717) is 17.1 Å². The molecule has 112 valence electrons. The van der Waals surface area contributed by atoms with Crippen LogP contribution in [0.4, 0.5) is 0 Å². The standard InChI is InChI=1S/C15H18ClN3O2/c1-18-8-7-17-14(18)10-19(2)15(21)9-13(20)11-3-5-12(16)6-4-11/h3-8,13,20H,9-10H2,1-2H3. The molecule has 0 fully saturated rings. The molecule has 5 nitrogen and oxygen atoms in total. The Hall–Kier alpha value is -1.85. The number of amides is 1. The number of halogens is 1. The lowest BCUT2D eigenvalue weighted by Crippen LogP contribution is -2.28. The summed E-state index contributed by atoms with van der Waals surface area (Å²) in [6, 6.07) is 6.84. The highest BCUT2D eigenvalue weighted by Gasteiger charge is 2.17. The molecular weight excluding hydrogens is 290 g/mol. The summed E-state index contributed by atoms with van der Waals surface area (Å²) in [6.45, 7) is 0.412. The second-order valence-corrected chi connectivity index (χ2v) is 5.41. The summed E-state index contributed by atoms with van der Waals surface area (Å²) in [4.78, 5) is 17.9. The summed E-state index contributed by atoms with van der Waals surface area (Å²) < 4.78 is 1.86. The molecule has 0 aliphatic carbocycles. The molecule has 21 heavy (non-hydrogen) atoms. The number of aliphatic hydroxyl groups excluding tert-OH is 1. The molecule has 0 spiro atoms. The lowest BCUT2D eigenvalue weighted by atomic mass is 10.1. The number of imidazole rings is 1. The molecule has 6 heteroatoms. The van der Waals surface area contributed by atoms with Crippen LogP contribution in [0.15, 0.2) is 36.7 Å². The van der Waals surface area contributed by atoms with Crippen LogP contribution in [0.2, 0.25) is 5.02 Å².